The summed E-state index contributed by atoms with van der Waals surface area (Å²) in [6.07, 6.45) is 9.55. The molecule has 5 N–H and O–H groups in total. The van der Waals surface area contributed by atoms with Gasteiger partial charge in [0.15, 0.2) is 0 Å². The summed E-state index contributed by atoms with van der Waals surface area (Å²) in [5, 5.41) is 5.77. The zero-order valence-electron chi connectivity index (χ0n) is 22.1. The lowest BCUT2D eigenvalue weighted by Crippen LogP contribution is -3.18. The van der Waals surface area contributed by atoms with E-state index in [0.717, 1.165) is 45.6 Å². The molecule has 0 saturated carbocycles. The highest BCUT2D eigenvalue weighted by Crippen LogP contribution is 2.24. The van der Waals surface area contributed by atoms with Crippen LogP contribution in [-0.4, -0.2) is 130 Å². The number of carbonyl (C=O) groups is 2. The molecule has 9 heteroatoms. The molecular formula is C26H50N7O2+3. The Hall–Kier alpha value is -1.26. The molecule has 5 aliphatic heterocycles. The van der Waals surface area contributed by atoms with Crippen LogP contribution in [0.5, 0.6) is 0 Å². The molecule has 0 aromatic heterocycles. The van der Waals surface area contributed by atoms with E-state index >= 15 is 0 Å². The van der Waals surface area contributed by atoms with Gasteiger partial charge in [-0.1, -0.05) is 0 Å². The van der Waals surface area contributed by atoms with E-state index in [2.05, 4.69) is 39.4 Å². The van der Waals surface area contributed by atoms with Crippen molar-refractivity contribution < 1.29 is 24.7 Å². The number of amides is 2. The molecule has 9 nitrogen and oxygen atoms in total. The van der Waals surface area contributed by atoms with E-state index < -0.39 is 0 Å². The molecule has 5 rings (SSSR count). The van der Waals surface area contributed by atoms with Gasteiger partial charge >= 0.3 is 0 Å². The van der Waals surface area contributed by atoms with Gasteiger partial charge in [0.25, 0.3) is 0 Å². The van der Waals surface area contributed by atoms with Crippen molar-refractivity contribution in [1.82, 2.24) is 20.0 Å². The molecule has 2 amide bonds. The number of carbonyl (C=O) groups excluding carboxylic acids is 2. The summed E-state index contributed by atoms with van der Waals surface area (Å²) in [6.45, 7) is 9.15. The molecule has 5 atom stereocenters. The predicted octanol–water partition coefficient (Wildman–Crippen LogP) is -3.88. The Kier molecular flexibility index (Phi) is 8.29. The van der Waals surface area contributed by atoms with Gasteiger partial charge in [0.05, 0.1) is 40.3 Å². The number of piperidine rings is 2. The quantitative estimate of drug-likeness (QED) is 0.317. The minimum atomic E-state index is 0.00350. The van der Waals surface area contributed by atoms with Crippen LogP contribution < -0.4 is 20.4 Å². The van der Waals surface area contributed by atoms with Crippen LogP contribution in [0.3, 0.4) is 0 Å². The summed E-state index contributed by atoms with van der Waals surface area (Å²) < 4.78 is 0. The second-order valence-electron chi connectivity index (χ2n) is 12.0. The third-order valence-corrected chi connectivity index (χ3v) is 9.97. The smallest absolute Gasteiger partial charge is 0.243 e. The molecule has 0 bridgehead atoms. The number of fused-ring (bicyclic) bond motifs is 1. The fourth-order valence-corrected chi connectivity index (χ4v) is 7.60. The molecule has 0 aliphatic carbocycles. The van der Waals surface area contributed by atoms with Gasteiger partial charge in [-0.15, -0.1) is 0 Å². The molecule has 35 heavy (non-hydrogen) atoms. The first-order valence-corrected chi connectivity index (χ1v) is 14.5. The molecule has 5 aliphatic rings. The molecule has 5 heterocycles. The highest BCUT2D eigenvalue weighted by atomic mass is 16.2. The predicted molar refractivity (Wildman–Crippen MR) is 134 cm³/mol. The Morgan fingerprint density at radius 3 is 2.51 bits per heavy atom. The lowest BCUT2D eigenvalue weighted by atomic mass is 10.0. The molecule has 5 saturated heterocycles. The summed E-state index contributed by atoms with van der Waals surface area (Å²) in [5.74, 6) is 0.529. The van der Waals surface area contributed by atoms with Crippen molar-refractivity contribution in [3.05, 3.63) is 0 Å². The van der Waals surface area contributed by atoms with Gasteiger partial charge in [-0.2, -0.15) is 0 Å². The first-order chi connectivity index (χ1) is 17.0. The second kappa shape index (κ2) is 11.4. The number of nitrogens with one attached hydrogen (secondary N) is 3. The fourth-order valence-electron chi connectivity index (χ4n) is 7.60. The number of nitrogens with zero attached hydrogens (tertiary/aromatic N) is 3. The van der Waals surface area contributed by atoms with Gasteiger partial charge < -0.3 is 25.3 Å². The normalized spacial score (nSPS) is 39.7. The first kappa shape index (κ1) is 25.4. The Morgan fingerprint density at radius 1 is 1.03 bits per heavy atom. The van der Waals surface area contributed by atoms with E-state index in [-0.39, 0.29) is 11.9 Å². The van der Waals surface area contributed by atoms with E-state index in [0.29, 0.717) is 43.2 Å². The topological polar surface area (TPSA) is 81.4 Å². The van der Waals surface area contributed by atoms with Gasteiger partial charge in [0, 0.05) is 77.3 Å². The standard InChI is InChI=1S/C26H47N7O2/c1-29-12-8-20(9-13-29)33-14-10-22-25(33)26(35)28-19-21(30(22)2)6-7-24(34)32-17-15-31(16-18-32)23-5-3-4-11-27-23/h20-23,25,27H,3-19H2,1-2H3,(H,28,35)/p+3/t21-,22-,23?,25-/m0/s1. The second-order valence-corrected chi connectivity index (χ2v) is 12.0. The number of hydrogen-bond donors (Lipinski definition) is 4. The fraction of sp³-hybridized carbons (Fsp3) is 0.923. The van der Waals surface area contributed by atoms with Crippen LogP contribution in [-0.2, 0) is 9.59 Å². The van der Waals surface area contributed by atoms with Crippen LogP contribution >= 0.6 is 0 Å². The molecule has 0 radical (unpaired) electrons. The first-order valence-electron chi connectivity index (χ1n) is 14.5. The summed E-state index contributed by atoms with van der Waals surface area (Å²) in [4.78, 5) is 36.6. The lowest BCUT2D eigenvalue weighted by Gasteiger charge is -2.39. The van der Waals surface area contributed by atoms with Crippen molar-refractivity contribution in [3.8, 4) is 0 Å². The van der Waals surface area contributed by atoms with Crippen molar-refractivity contribution in [2.45, 2.75) is 81.7 Å². The van der Waals surface area contributed by atoms with Gasteiger partial charge in [-0.05, 0) is 12.8 Å². The van der Waals surface area contributed by atoms with E-state index in [4.69, 9.17) is 0 Å². The zero-order valence-corrected chi connectivity index (χ0v) is 22.1. The van der Waals surface area contributed by atoms with Crippen LogP contribution in [0, 0.1) is 0 Å². The van der Waals surface area contributed by atoms with Crippen LogP contribution in [0.1, 0.15) is 51.4 Å². The molecule has 198 valence electrons. The summed E-state index contributed by atoms with van der Waals surface area (Å²) >= 11 is 0. The Morgan fingerprint density at radius 2 is 1.80 bits per heavy atom. The van der Waals surface area contributed by atoms with Gasteiger partial charge in [0.2, 0.25) is 11.8 Å². The third kappa shape index (κ3) is 5.69. The van der Waals surface area contributed by atoms with Crippen molar-refractivity contribution >= 4 is 11.8 Å². The summed E-state index contributed by atoms with van der Waals surface area (Å²) in [7, 11) is 4.55. The molecule has 0 aromatic carbocycles. The number of likely N-dealkylation sites (tertiary alicyclic amines) is 2. The minimum Gasteiger partial charge on any atom is -0.349 e. The zero-order chi connectivity index (χ0) is 24.4. The number of hydrogen-bond acceptors (Lipinski definition) is 4. The van der Waals surface area contributed by atoms with E-state index in [1.165, 1.54) is 56.6 Å². The average molecular weight is 493 g/mol. The SMILES string of the molecule is C[NH+]1CCC(N2CC[C@H]3[C@H]2C(=O)NC[C@H](CCC(=O)N2CCN(C4CCCC[NH2+]4)CC2)[NH+]3C)CC1. The molecule has 0 spiro atoms. The van der Waals surface area contributed by atoms with Crippen LogP contribution in [0.4, 0.5) is 0 Å². The number of rotatable bonds is 5. The van der Waals surface area contributed by atoms with Crippen molar-refractivity contribution in [1.29, 1.82) is 0 Å². The summed E-state index contributed by atoms with van der Waals surface area (Å²) in [6, 6.07) is 1.22. The van der Waals surface area contributed by atoms with Gasteiger partial charge in [-0.3, -0.25) is 19.4 Å². The van der Waals surface area contributed by atoms with Gasteiger partial charge in [0.1, 0.15) is 24.3 Å². The molecule has 5 fully saturated rings. The largest absolute Gasteiger partial charge is 0.349 e. The van der Waals surface area contributed by atoms with Crippen LogP contribution in [0.25, 0.3) is 0 Å². The highest BCUT2D eigenvalue weighted by molar-refractivity contribution is 5.83. The monoisotopic (exact) mass is 492 g/mol. The van der Waals surface area contributed by atoms with Crippen molar-refractivity contribution in [2.75, 3.05) is 73.0 Å². The number of nitrogens with two attached hydrogens (primary N) is 1. The maximum absolute atomic E-state index is 13.2. The van der Waals surface area contributed by atoms with Crippen LogP contribution in [0.15, 0.2) is 0 Å². The minimum absolute atomic E-state index is 0.00350. The Balaban J connectivity index is 1.11. The van der Waals surface area contributed by atoms with E-state index in [1.807, 2.05) is 0 Å². The number of piperazine rings is 1. The number of quaternary nitrogens is 3. The maximum Gasteiger partial charge on any atom is 0.243 e. The Bertz CT molecular complexity index is 729. The maximum atomic E-state index is 13.2. The van der Waals surface area contributed by atoms with Gasteiger partial charge in [-0.25, -0.2) is 0 Å². The highest BCUT2D eigenvalue weighted by Gasteiger charge is 2.50. The molecule has 2 unspecified atom stereocenters. The van der Waals surface area contributed by atoms with E-state index in [9.17, 15) is 9.59 Å². The molecular weight excluding hydrogens is 442 g/mol. The van der Waals surface area contributed by atoms with E-state index in [1.54, 1.807) is 4.90 Å². The molecule has 0 aromatic rings. The lowest BCUT2D eigenvalue weighted by molar-refractivity contribution is -0.928. The summed E-state index contributed by atoms with van der Waals surface area (Å²) in [5.41, 5.74) is 0. The third-order valence-electron chi connectivity index (χ3n) is 9.97. The Labute approximate surface area is 211 Å². The van der Waals surface area contributed by atoms with Crippen molar-refractivity contribution in [3.63, 3.8) is 0 Å². The average Bonchev–Trinajstić information content (AvgIpc) is 3.30. The van der Waals surface area contributed by atoms with Crippen molar-refractivity contribution in [2.24, 2.45) is 0 Å². The van der Waals surface area contributed by atoms with Crippen LogP contribution in [0.2, 0.25) is 0 Å². The number of likely N-dealkylation sites (N-methyl/N-ethyl adjacent to an activating group) is 1.